The Bertz CT molecular complexity index is 683. The van der Waals surface area contributed by atoms with Crippen molar-refractivity contribution in [1.82, 2.24) is 4.72 Å². The summed E-state index contributed by atoms with van der Waals surface area (Å²) in [5.41, 5.74) is 1.85. The first-order valence-electron chi connectivity index (χ1n) is 5.79. The van der Waals surface area contributed by atoms with E-state index in [-0.39, 0.29) is 11.4 Å². The average molecular weight is 279 g/mol. The van der Waals surface area contributed by atoms with E-state index >= 15 is 0 Å². The molecule has 0 spiro atoms. The molecule has 0 saturated heterocycles. The van der Waals surface area contributed by atoms with Gasteiger partial charge in [0.25, 0.3) is 0 Å². The third-order valence-electron chi connectivity index (χ3n) is 2.84. The van der Waals surface area contributed by atoms with Crippen molar-refractivity contribution in [2.24, 2.45) is 0 Å². The Morgan fingerprint density at radius 3 is 2.37 bits per heavy atom. The van der Waals surface area contributed by atoms with E-state index in [0.29, 0.717) is 0 Å². The summed E-state index contributed by atoms with van der Waals surface area (Å²) in [6.07, 6.45) is 0. The summed E-state index contributed by atoms with van der Waals surface area (Å²) in [6.45, 7) is 2.04. The van der Waals surface area contributed by atoms with Crippen LogP contribution in [0.15, 0.2) is 53.4 Å². The zero-order valence-electron chi connectivity index (χ0n) is 10.4. The lowest BCUT2D eigenvalue weighted by Gasteiger charge is -2.09. The lowest BCUT2D eigenvalue weighted by molar-refractivity contribution is 0.556. The lowest BCUT2D eigenvalue weighted by atomic mass is 10.1. The first-order valence-corrected chi connectivity index (χ1v) is 7.28. The number of rotatable bonds is 4. The molecule has 0 radical (unpaired) electrons. The van der Waals surface area contributed by atoms with Gasteiger partial charge in [-0.15, -0.1) is 0 Å². The van der Waals surface area contributed by atoms with Crippen molar-refractivity contribution in [2.45, 2.75) is 18.4 Å². The second-order valence-electron chi connectivity index (χ2n) is 4.18. The van der Waals surface area contributed by atoms with Crippen molar-refractivity contribution in [1.29, 1.82) is 0 Å². The zero-order valence-corrected chi connectivity index (χ0v) is 11.2. The number of aryl methyl sites for hydroxylation is 1. The van der Waals surface area contributed by atoms with Gasteiger partial charge in [0.2, 0.25) is 10.0 Å². The molecule has 0 heterocycles. The van der Waals surface area contributed by atoms with Gasteiger partial charge in [-0.05, 0) is 30.2 Å². The highest BCUT2D eigenvalue weighted by atomic mass is 32.2. The van der Waals surface area contributed by atoms with E-state index in [1.165, 1.54) is 18.2 Å². The minimum atomic E-state index is -3.83. The van der Waals surface area contributed by atoms with Crippen molar-refractivity contribution in [3.63, 3.8) is 0 Å². The largest absolute Gasteiger partial charge is 0.243 e. The van der Waals surface area contributed by atoms with Crippen molar-refractivity contribution in [2.75, 3.05) is 0 Å². The summed E-state index contributed by atoms with van der Waals surface area (Å²) in [6, 6.07) is 12.8. The molecule has 3 nitrogen and oxygen atoms in total. The normalized spacial score (nSPS) is 11.5. The Balaban J connectivity index is 2.20. The number of hydrogen-bond donors (Lipinski definition) is 1. The van der Waals surface area contributed by atoms with Gasteiger partial charge in [-0.25, -0.2) is 17.5 Å². The number of hydrogen-bond acceptors (Lipinski definition) is 2. The molecule has 0 aliphatic heterocycles. The fourth-order valence-corrected chi connectivity index (χ4v) is 2.81. The van der Waals surface area contributed by atoms with Crippen molar-refractivity contribution in [3.8, 4) is 0 Å². The predicted octanol–water partition coefficient (Wildman–Crippen LogP) is 2.61. The maximum Gasteiger partial charge on any atom is 0.243 e. The molecule has 19 heavy (non-hydrogen) atoms. The molecule has 0 unspecified atom stereocenters. The fourth-order valence-electron chi connectivity index (χ4n) is 1.72. The van der Waals surface area contributed by atoms with E-state index in [1.54, 1.807) is 0 Å². The lowest BCUT2D eigenvalue weighted by Crippen LogP contribution is -2.24. The zero-order chi connectivity index (χ0) is 13.9. The van der Waals surface area contributed by atoms with Gasteiger partial charge in [0, 0.05) is 6.54 Å². The standard InChI is InChI=1S/C14H14FNO2S/c1-11-6-2-3-7-12(11)10-16-19(17,18)14-9-5-4-8-13(14)15/h2-9,16H,10H2,1H3. The Hall–Kier alpha value is -1.72. The Morgan fingerprint density at radius 2 is 1.68 bits per heavy atom. The third kappa shape index (κ3) is 3.19. The first kappa shape index (κ1) is 13.7. The van der Waals surface area contributed by atoms with Gasteiger partial charge in [0.05, 0.1) is 0 Å². The van der Waals surface area contributed by atoms with Gasteiger partial charge in [-0.2, -0.15) is 0 Å². The van der Waals surface area contributed by atoms with E-state index in [0.717, 1.165) is 17.2 Å². The molecule has 0 amide bonds. The van der Waals surface area contributed by atoms with E-state index < -0.39 is 15.8 Å². The minimum absolute atomic E-state index is 0.142. The van der Waals surface area contributed by atoms with Crippen LogP contribution in [-0.4, -0.2) is 8.42 Å². The highest BCUT2D eigenvalue weighted by molar-refractivity contribution is 7.89. The monoisotopic (exact) mass is 279 g/mol. The van der Waals surface area contributed by atoms with Crippen LogP contribution in [0.25, 0.3) is 0 Å². The molecule has 2 rings (SSSR count). The molecule has 0 fully saturated rings. The molecular formula is C14H14FNO2S. The molecule has 0 aromatic heterocycles. The first-order chi connectivity index (χ1) is 9.00. The number of nitrogens with one attached hydrogen (secondary N) is 1. The van der Waals surface area contributed by atoms with E-state index in [1.807, 2.05) is 31.2 Å². The quantitative estimate of drug-likeness (QED) is 0.935. The number of halogens is 1. The fraction of sp³-hybridized carbons (Fsp3) is 0.143. The van der Waals surface area contributed by atoms with Crippen LogP contribution in [0.5, 0.6) is 0 Å². The SMILES string of the molecule is Cc1ccccc1CNS(=O)(=O)c1ccccc1F. The number of sulfonamides is 1. The number of benzene rings is 2. The molecule has 2 aromatic carbocycles. The van der Waals surface area contributed by atoms with Gasteiger partial charge < -0.3 is 0 Å². The molecular weight excluding hydrogens is 265 g/mol. The van der Waals surface area contributed by atoms with Gasteiger partial charge >= 0.3 is 0 Å². The van der Waals surface area contributed by atoms with Crippen LogP contribution in [0.1, 0.15) is 11.1 Å². The summed E-state index contributed by atoms with van der Waals surface area (Å²) in [7, 11) is -3.83. The van der Waals surface area contributed by atoms with Crippen molar-refractivity contribution < 1.29 is 12.8 Å². The average Bonchev–Trinajstić information content (AvgIpc) is 2.38. The molecule has 5 heteroatoms. The predicted molar refractivity (Wildman–Crippen MR) is 71.6 cm³/mol. The van der Waals surface area contributed by atoms with Crippen LogP contribution in [0, 0.1) is 12.7 Å². The maximum atomic E-state index is 13.5. The Morgan fingerprint density at radius 1 is 1.05 bits per heavy atom. The van der Waals surface area contributed by atoms with Crippen LogP contribution in [0.4, 0.5) is 4.39 Å². The maximum absolute atomic E-state index is 13.5. The summed E-state index contributed by atoms with van der Waals surface area (Å²) >= 11 is 0. The topological polar surface area (TPSA) is 46.2 Å². The summed E-state index contributed by atoms with van der Waals surface area (Å²) in [4.78, 5) is -0.330. The summed E-state index contributed by atoms with van der Waals surface area (Å²) in [5.74, 6) is -0.750. The van der Waals surface area contributed by atoms with E-state index in [4.69, 9.17) is 0 Å². The summed E-state index contributed by atoms with van der Waals surface area (Å²) < 4.78 is 39.8. The second kappa shape index (κ2) is 5.50. The van der Waals surface area contributed by atoms with Gasteiger partial charge in [-0.1, -0.05) is 36.4 Å². The van der Waals surface area contributed by atoms with Gasteiger partial charge in [0.15, 0.2) is 0 Å². The molecule has 1 N–H and O–H groups in total. The Kier molecular flexibility index (Phi) is 3.97. The molecule has 0 aliphatic carbocycles. The van der Waals surface area contributed by atoms with Crippen molar-refractivity contribution in [3.05, 3.63) is 65.5 Å². The van der Waals surface area contributed by atoms with E-state index in [9.17, 15) is 12.8 Å². The van der Waals surface area contributed by atoms with Crippen molar-refractivity contribution >= 4 is 10.0 Å². The molecule has 100 valence electrons. The van der Waals surface area contributed by atoms with Crippen LogP contribution in [0.2, 0.25) is 0 Å². The Labute approximate surface area is 112 Å². The van der Waals surface area contributed by atoms with Crippen LogP contribution in [0.3, 0.4) is 0 Å². The van der Waals surface area contributed by atoms with Crippen LogP contribution in [-0.2, 0) is 16.6 Å². The second-order valence-corrected chi connectivity index (χ2v) is 5.92. The molecule has 0 aliphatic rings. The van der Waals surface area contributed by atoms with Crippen LogP contribution >= 0.6 is 0 Å². The third-order valence-corrected chi connectivity index (χ3v) is 4.27. The highest BCUT2D eigenvalue weighted by Crippen LogP contribution is 2.14. The molecule has 0 bridgehead atoms. The molecule has 0 atom stereocenters. The highest BCUT2D eigenvalue weighted by Gasteiger charge is 2.18. The molecule has 0 saturated carbocycles. The van der Waals surface area contributed by atoms with Crippen LogP contribution < -0.4 is 4.72 Å². The van der Waals surface area contributed by atoms with E-state index in [2.05, 4.69) is 4.72 Å². The minimum Gasteiger partial charge on any atom is -0.207 e. The summed E-state index contributed by atoms with van der Waals surface area (Å²) in [5, 5.41) is 0. The van der Waals surface area contributed by atoms with Gasteiger partial charge in [0.1, 0.15) is 10.7 Å². The molecule has 2 aromatic rings. The smallest absolute Gasteiger partial charge is 0.207 e. The van der Waals surface area contributed by atoms with Gasteiger partial charge in [-0.3, -0.25) is 0 Å².